The summed E-state index contributed by atoms with van der Waals surface area (Å²) >= 11 is 1.43. The summed E-state index contributed by atoms with van der Waals surface area (Å²) in [5.74, 6) is 0.0372. The van der Waals surface area contributed by atoms with Gasteiger partial charge in [-0.05, 0) is 31.4 Å². The molecular formula is C20H27ClN4O2S. The van der Waals surface area contributed by atoms with Crippen LogP contribution in [0.3, 0.4) is 0 Å². The van der Waals surface area contributed by atoms with Crippen molar-refractivity contribution in [3.63, 3.8) is 0 Å². The van der Waals surface area contributed by atoms with E-state index in [1.54, 1.807) is 5.38 Å². The van der Waals surface area contributed by atoms with Gasteiger partial charge in [0.05, 0.1) is 0 Å². The Kier molecular flexibility index (Phi) is 8.41. The van der Waals surface area contributed by atoms with Crippen molar-refractivity contribution in [1.82, 2.24) is 14.8 Å². The molecule has 0 aliphatic carbocycles. The summed E-state index contributed by atoms with van der Waals surface area (Å²) < 4.78 is 0. The van der Waals surface area contributed by atoms with Gasteiger partial charge in [0.2, 0.25) is 0 Å². The highest BCUT2D eigenvalue weighted by atomic mass is 35.5. The number of thiazole rings is 1. The minimum absolute atomic E-state index is 0. The monoisotopic (exact) mass is 422 g/mol. The van der Waals surface area contributed by atoms with Crippen molar-refractivity contribution in [2.45, 2.75) is 38.8 Å². The standard InChI is InChI=1S/C20H26N4O2S.ClH/c1-2-10-24(20(26)17-14-27-18(13-21)22-17)16-8-11-23(12-9-16)19(25)15-6-4-3-5-7-15;/h3-7,14,16H,2,8-13,21H2,1H3;1H. The summed E-state index contributed by atoms with van der Waals surface area (Å²) in [6.07, 6.45) is 2.47. The highest BCUT2D eigenvalue weighted by Crippen LogP contribution is 2.21. The SMILES string of the molecule is CCCN(C(=O)c1csc(CN)n1)C1CCN(C(=O)c2ccccc2)CC1.Cl. The molecule has 1 fully saturated rings. The Morgan fingerprint density at radius 3 is 2.50 bits per heavy atom. The van der Waals surface area contributed by atoms with Crippen LogP contribution in [0.1, 0.15) is 52.0 Å². The van der Waals surface area contributed by atoms with E-state index in [0.29, 0.717) is 37.4 Å². The smallest absolute Gasteiger partial charge is 0.273 e. The van der Waals surface area contributed by atoms with E-state index in [1.165, 1.54) is 11.3 Å². The van der Waals surface area contributed by atoms with Gasteiger partial charge >= 0.3 is 0 Å². The van der Waals surface area contributed by atoms with E-state index in [9.17, 15) is 9.59 Å². The van der Waals surface area contributed by atoms with E-state index < -0.39 is 0 Å². The Bertz CT molecular complexity index is 776. The topological polar surface area (TPSA) is 79.5 Å². The quantitative estimate of drug-likeness (QED) is 0.775. The minimum Gasteiger partial charge on any atom is -0.338 e. The van der Waals surface area contributed by atoms with Gasteiger partial charge in [0, 0.05) is 43.2 Å². The molecule has 1 aromatic heterocycles. The number of carbonyl (C=O) groups excluding carboxylic acids is 2. The molecule has 28 heavy (non-hydrogen) atoms. The highest BCUT2D eigenvalue weighted by Gasteiger charge is 2.30. The molecule has 0 saturated carbocycles. The van der Waals surface area contributed by atoms with E-state index >= 15 is 0 Å². The zero-order chi connectivity index (χ0) is 19.2. The molecule has 0 spiro atoms. The number of likely N-dealkylation sites (tertiary alicyclic amines) is 1. The van der Waals surface area contributed by atoms with Crippen LogP contribution in [0.25, 0.3) is 0 Å². The number of hydrogen-bond donors (Lipinski definition) is 1. The number of carbonyl (C=O) groups is 2. The molecule has 152 valence electrons. The van der Waals surface area contributed by atoms with Crippen LogP contribution in [0.4, 0.5) is 0 Å². The number of benzene rings is 1. The predicted molar refractivity (Wildman–Crippen MR) is 114 cm³/mol. The molecule has 6 nitrogen and oxygen atoms in total. The second kappa shape index (κ2) is 10.5. The lowest BCUT2D eigenvalue weighted by Gasteiger charge is -2.38. The fraction of sp³-hybridized carbons (Fsp3) is 0.450. The third-order valence-corrected chi connectivity index (χ3v) is 5.76. The van der Waals surface area contributed by atoms with Gasteiger partial charge in [-0.25, -0.2) is 4.98 Å². The number of hydrogen-bond acceptors (Lipinski definition) is 5. The summed E-state index contributed by atoms with van der Waals surface area (Å²) in [5.41, 5.74) is 6.82. The predicted octanol–water partition coefficient (Wildman–Crippen LogP) is 3.18. The molecule has 3 rings (SSSR count). The Labute approximate surface area is 176 Å². The van der Waals surface area contributed by atoms with E-state index in [4.69, 9.17) is 5.73 Å². The number of amides is 2. The number of nitrogens with two attached hydrogens (primary N) is 1. The highest BCUT2D eigenvalue weighted by molar-refractivity contribution is 7.09. The Hall–Kier alpha value is -1.96. The second-order valence-corrected chi connectivity index (χ2v) is 7.66. The first kappa shape index (κ1) is 22.3. The lowest BCUT2D eigenvalue weighted by molar-refractivity contribution is 0.0516. The zero-order valence-corrected chi connectivity index (χ0v) is 17.7. The molecule has 0 unspecified atom stereocenters. The van der Waals surface area contributed by atoms with Crippen LogP contribution in [-0.2, 0) is 6.54 Å². The van der Waals surface area contributed by atoms with Crippen molar-refractivity contribution < 1.29 is 9.59 Å². The van der Waals surface area contributed by atoms with Crippen LogP contribution in [0, 0.1) is 0 Å². The second-order valence-electron chi connectivity index (χ2n) is 6.72. The first-order valence-corrected chi connectivity index (χ1v) is 10.3. The Morgan fingerprint density at radius 2 is 1.93 bits per heavy atom. The molecule has 2 heterocycles. The van der Waals surface area contributed by atoms with E-state index in [-0.39, 0.29) is 30.3 Å². The van der Waals surface area contributed by atoms with Crippen LogP contribution in [0.5, 0.6) is 0 Å². The molecule has 1 aliphatic rings. The zero-order valence-electron chi connectivity index (χ0n) is 16.0. The number of piperidine rings is 1. The maximum Gasteiger partial charge on any atom is 0.273 e. The van der Waals surface area contributed by atoms with Crippen molar-refractivity contribution in [3.05, 3.63) is 52.0 Å². The largest absolute Gasteiger partial charge is 0.338 e. The van der Waals surface area contributed by atoms with Crippen LogP contribution < -0.4 is 5.73 Å². The molecule has 1 aromatic carbocycles. The summed E-state index contributed by atoms with van der Waals surface area (Å²) in [4.78, 5) is 33.7. The Morgan fingerprint density at radius 1 is 1.25 bits per heavy atom. The third kappa shape index (κ3) is 5.10. The van der Waals surface area contributed by atoms with Crippen molar-refractivity contribution in [2.24, 2.45) is 5.73 Å². The van der Waals surface area contributed by atoms with Crippen molar-refractivity contribution in [2.75, 3.05) is 19.6 Å². The van der Waals surface area contributed by atoms with E-state index in [0.717, 1.165) is 24.3 Å². The van der Waals surface area contributed by atoms with Crippen molar-refractivity contribution in [1.29, 1.82) is 0 Å². The summed E-state index contributed by atoms with van der Waals surface area (Å²) in [5, 5.41) is 2.57. The Balaban J connectivity index is 0.00000280. The van der Waals surface area contributed by atoms with E-state index in [2.05, 4.69) is 11.9 Å². The minimum atomic E-state index is -0.0272. The number of nitrogens with zero attached hydrogens (tertiary/aromatic N) is 3. The lowest BCUT2D eigenvalue weighted by Crippen LogP contribution is -2.49. The van der Waals surface area contributed by atoms with Crippen molar-refractivity contribution >= 4 is 35.6 Å². The number of aromatic nitrogens is 1. The van der Waals surface area contributed by atoms with Gasteiger partial charge in [-0.15, -0.1) is 23.7 Å². The van der Waals surface area contributed by atoms with Gasteiger partial charge in [-0.3, -0.25) is 9.59 Å². The van der Waals surface area contributed by atoms with E-state index in [1.807, 2.05) is 40.1 Å². The fourth-order valence-corrected chi connectivity index (χ4v) is 4.13. The van der Waals surface area contributed by atoms with Gasteiger partial charge in [0.25, 0.3) is 11.8 Å². The molecule has 2 amide bonds. The molecule has 0 bridgehead atoms. The van der Waals surface area contributed by atoms with Gasteiger partial charge in [0.1, 0.15) is 10.7 Å². The van der Waals surface area contributed by atoms with Crippen LogP contribution in [0.2, 0.25) is 0 Å². The fourth-order valence-electron chi connectivity index (χ4n) is 3.48. The average Bonchev–Trinajstić information content (AvgIpc) is 3.21. The van der Waals surface area contributed by atoms with Gasteiger partial charge in [0.15, 0.2) is 0 Å². The van der Waals surface area contributed by atoms with Gasteiger partial charge in [-0.2, -0.15) is 0 Å². The maximum absolute atomic E-state index is 12.9. The van der Waals surface area contributed by atoms with Crippen LogP contribution in [-0.4, -0.2) is 52.3 Å². The number of halogens is 1. The molecule has 1 aliphatic heterocycles. The molecular weight excluding hydrogens is 396 g/mol. The molecule has 0 atom stereocenters. The molecule has 2 N–H and O–H groups in total. The molecule has 8 heteroatoms. The maximum atomic E-state index is 12.9. The van der Waals surface area contributed by atoms with Gasteiger partial charge < -0.3 is 15.5 Å². The first-order valence-electron chi connectivity index (χ1n) is 9.43. The van der Waals surface area contributed by atoms with Crippen molar-refractivity contribution in [3.8, 4) is 0 Å². The third-order valence-electron chi connectivity index (χ3n) is 4.88. The molecule has 0 radical (unpaired) electrons. The normalized spacial score (nSPS) is 14.4. The van der Waals surface area contributed by atoms with Crippen LogP contribution in [0.15, 0.2) is 35.7 Å². The summed E-state index contributed by atoms with van der Waals surface area (Å²) in [6.45, 7) is 4.45. The average molecular weight is 423 g/mol. The summed E-state index contributed by atoms with van der Waals surface area (Å²) in [7, 11) is 0. The van der Waals surface area contributed by atoms with Gasteiger partial charge in [-0.1, -0.05) is 25.1 Å². The summed E-state index contributed by atoms with van der Waals surface area (Å²) in [6, 6.07) is 9.50. The number of rotatable bonds is 6. The first-order chi connectivity index (χ1) is 13.1. The molecule has 1 saturated heterocycles. The lowest BCUT2D eigenvalue weighted by atomic mass is 10.0. The molecule has 2 aromatic rings. The van der Waals surface area contributed by atoms with Crippen LogP contribution >= 0.6 is 23.7 Å².